The van der Waals surface area contributed by atoms with Gasteiger partial charge < -0.3 is 4.74 Å². The number of nitrogens with zero attached hydrogens (tertiary/aromatic N) is 3. The van der Waals surface area contributed by atoms with E-state index in [-0.39, 0.29) is 27.7 Å². The summed E-state index contributed by atoms with van der Waals surface area (Å²) in [5.41, 5.74) is -0.936. The van der Waals surface area contributed by atoms with E-state index in [0.29, 0.717) is 10.5 Å². The maximum absolute atomic E-state index is 12.6. The minimum atomic E-state index is -4.52. The molecule has 0 aromatic carbocycles. The van der Waals surface area contributed by atoms with E-state index in [1.54, 1.807) is 0 Å². The van der Waals surface area contributed by atoms with Crippen molar-refractivity contribution >= 4 is 45.9 Å². The summed E-state index contributed by atoms with van der Waals surface area (Å²) in [6.45, 7) is 4.05. The van der Waals surface area contributed by atoms with Gasteiger partial charge in [-0.05, 0) is 23.7 Å². The standard InChI is InChI=1S/C13H12ClF3N4O2S2/c1-6(2)5-23-11(22)19-10-20-21-12(25-10)24-9-8(14)3-7(4-18-9)13(15,16)17/h3-4,6H,5H2,1-2H3,(H,19,20,22). The fraction of sp³-hybridized carbons (Fsp3) is 0.385. The number of amides is 1. The molecule has 0 aliphatic heterocycles. The molecule has 0 radical (unpaired) electrons. The molecule has 2 heterocycles. The van der Waals surface area contributed by atoms with E-state index in [9.17, 15) is 18.0 Å². The van der Waals surface area contributed by atoms with Crippen molar-refractivity contribution in [3.05, 3.63) is 22.8 Å². The second-order valence-electron chi connectivity index (χ2n) is 5.10. The Morgan fingerprint density at radius 3 is 2.76 bits per heavy atom. The predicted molar refractivity (Wildman–Crippen MR) is 88.1 cm³/mol. The van der Waals surface area contributed by atoms with Crippen LogP contribution >= 0.6 is 34.7 Å². The number of carbonyl (C=O) groups is 1. The summed E-state index contributed by atoms with van der Waals surface area (Å²) in [5.74, 6) is 0.194. The molecular formula is C13H12ClF3N4O2S2. The zero-order valence-corrected chi connectivity index (χ0v) is 15.3. The maximum atomic E-state index is 12.6. The Balaban J connectivity index is 2.00. The molecule has 1 amide bonds. The number of rotatable bonds is 5. The molecule has 25 heavy (non-hydrogen) atoms. The Labute approximate surface area is 154 Å². The smallest absolute Gasteiger partial charge is 0.417 e. The number of alkyl halides is 3. The first-order chi connectivity index (χ1) is 11.6. The first kappa shape index (κ1) is 19.7. The number of nitrogens with one attached hydrogen (secondary N) is 1. The second-order valence-corrected chi connectivity index (χ2v) is 7.72. The number of hydrogen-bond donors (Lipinski definition) is 1. The van der Waals surface area contributed by atoms with Crippen LogP contribution in [0.2, 0.25) is 5.02 Å². The van der Waals surface area contributed by atoms with Gasteiger partial charge in [-0.2, -0.15) is 13.2 Å². The number of anilines is 1. The first-order valence-corrected chi connectivity index (χ1v) is 8.84. The summed E-state index contributed by atoms with van der Waals surface area (Å²) in [5, 5.41) is 10.2. The van der Waals surface area contributed by atoms with Crippen LogP contribution in [0, 0.1) is 5.92 Å². The van der Waals surface area contributed by atoms with Crippen LogP contribution in [-0.2, 0) is 10.9 Å². The molecule has 2 rings (SSSR count). The van der Waals surface area contributed by atoms with Gasteiger partial charge in [0.2, 0.25) is 5.13 Å². The number of carbonyl (C=O) groups excluding carboxylic acids is 1. The Morgan fingerprint density at radius 1 is 1.44 bits per heavy atom. The highest BCUT2D eigenvalue weighted by Crippen LogP contribution is 2.37. The quantitative estimate of drug-likeness (QED) is 0.699. The molecule has 0 spiro atoms. The third kappa shape index (κ3) is 6.01. The summed E-state index contributed by atoms with van der Waals surface area (Å²) < 4.78 is 43.1. The van der Waals surface area contributed by atoms with Crippen molar-refractivity contribution in [2.75, 3.05) is 11.9 Å². The summed E-state index contributed by atoms with van der Waals surface area (Å²) in [6.07, 6.45) is -4.49. The topological polar surface area (TPSA) is 77.0 Å². The van der Waals surface area contributed by atoms with Crippen molar-refractivity contribution in [1.82, 2.24) is 15.2 Å². The van der Waals surface area contributed by atoms with Crippen molar-refractivity contribution in [2.24, 2.45) is 5.92 Å². The lowest BCUT2D eigenvalue weighted by Gasteiger charge is -2.07. The summed E-state index contributed by atoms with van der Waals surface area (Å²) in [4.78, 5) is 15.2. The van der Waals surface area contributed by atoms with Gasteiger partial charge in [0.25, 0.3) is 0 Å². The molecule has 2 aromatic rings. The molecule has 12 heteroatoms. The molecule has 0 bridgehead atoms. The molecule has 0 saturated heterocycles. The first-order valence-electron chi connectivity index (χ1n) is 6.83. The molecular weight excluding hydrogens is 401 g/mol. The normalized spacial score (nSPS) is 11.6. The number of halogens is 4. The average Bonchev–Trinajstić information content (AvgIpc) is 2.93. The van der Waals surface area contributed by atoms with Gasteiger partial charge in [0, 0.05) is 6.20 Å². The summed E-state index contributed by atoms with van der Waals surface area (Å²) >= 11 is 7.79. The monoisotopic (exact) mass is 412 g/mol. The van der Waals surface area contributed by atoms with Crippen LogP contribution in [0.3, 0.4) is 0 Å². The highest BCUT2D eigenvalue weighted by atomic mass is 35.5. The van der Waals surface area contributed by atoms with Crippen molar-refractivity contribution in [3.63, 3.8) is 0 Å². The van der Waals surface area contributed by atoms with E-state index in [1.165, 1.54) is 0 Å². The Morgan fingerprint density at radius 2 is 2.16 bits per heavy atom. The van der Waals surface area contributed by atoms with Crippen LogP contribution in [0.5, 0.6) is 0 Å². The second kappa shape index (κ2) is 8.19. The van der Waals surface area contributed by atoms with Gasteiger partial charge in [0.05, 0.1) is 17.2 Å². The lowest BCUT2D eigenvalue weighted by atomic mass is 10.2. The van der Waals surface area contributed by atoms with Gasteiger partial charge in [-0.25, -0.2) is 9.78 Å². The van der Waals surface area contributed by atoms with Crippen LogP contribution in [-0.4, -0.2) is 27.9 Å². The number of aromatic nitrogens is 3. The van der Waals surface area contributed by atoms with Gasteiger partial charge in [-0.15, -0.1) is 10.2 Å². The zero-order valence-electron chi connectivity index (χ0n) is 12.9. The molecule has 0 fully saturated rings. The van der Waals surface area contributed by atoms with E-state index < -0.39 is 17.8 Å². The van der Waals surface area contributed by atoms with E-state index in [0.717, 1.165) is 29.2 Å². The largest absolute Gasteiger partial charge is 0.449 e. The van der Waals surface area contributed by atoms with Crippen molar-refractivity contribution < 1.29 is 22.7 Å². The van der Waals surface area contributed by atoms with E-state index in [1.807, 2.05) is 13.8 Å². The molecule has 1 N–H and O–H groups in total. The molecule has 0 aliphatic carbocycles. The lowest BCUT2D eigenvalue weighted by Crippen LogP contribution is -2.16. The maximum Gasteiger partial charge on any atom is 0.417 e. The van der Waals surface area contributed by atoms with Gasteiger partial charge in [0.15, 0.2) is 4.34 Å². The molecule has 0 atom stereocenters. The number of pyridine rings is 1. The van der Waals surface area contributed by atoms with Gasteiger partial charge in [0.1, 0.15) is 5.03 Å². The SMILES string of the molecule is CC(C)COC(=O)Nc1nnc(Sc2ncc(C(F)(F)F)cc2Cl)s1. The molecule has 0 aliphatic rings. The predicted octanol–water partition coefficient (Wildman–Crippen LogP) is 4.96. The van der Waals surface area contributed by atoms with Crippen molar-refractivity contribution in [3.8, 4) is 0 Å². The van der Waals surface area contributed by atoms with Crippen molar-refractivity contribution in [2.45, 2.75) is 29.4 Å². The molecule has 6 nitrogen and oxygen atoms in total. The number of ether oxygens (including phenoxy) is 1. The van der Waals surface area contributed by atoms with Crippen LogP contribution in [0.15, 0.2) is 21.6 Å². The minimum Gasteiger partial charge on any atom is -0.449 e. The van der Waals surface area contributed by atoms with E-state index in [2.05, 4.69) is 20.5 Å². The fourth-order valence-electron chi connectivity index (χ4n) is 1.41. The summed E-state index contributed by atoms with van der Waals surface area (Å²) in [6, 6.07) is 0.792. The van der Waals surface area contributed by atoms with Gasteiger partial charge >= 0.3 is 12.3 Å². The third-order valence-electron chi connectivity index (χ3n) is 2.48. The fourth-order valence-corrected chi connectivity index (χ4v) is 3.30. The Hall–Kier alpha value is -1.59. The van der Waals surface area contributed by atoms with Crippen LogP contribution in [0.1, 0.15) is 19.4 Å². The lowest BCUT2D eigenvalue weighted by molar-refractivity contribution is -0.137. The molecule has 0 unspecified atom stereocenters. The average molecular weight is 413 g/mol. The minimum absolute atomic E-state index is 0.152. The van der Waals surface area contributed by atoms with Gasteiger partial charge in [-0.3, -0.25) is 5.32 Å². The number of hydrogen-bond acceptors (Lipinski definition) is 7. The van der Waals surface area contributed by atoms with Crippen molar-refractivity contribution in [1.29, 1.82) is 0 Å². The highest BCUT2D eigenvalue weighted by Gasteiger charge is 2.31. The van der Waals surface area contributed by atoms with E-state index >= 15 is 0 Å². The molecule has 0 saturated carbocycles. The summed E-state index contributed by atoms with van der Waals surface area (Å²) in [7, 11) is 0. The highest BCUT2D eigenvalue weighted by molar-refractivity contribution is 8.01. The van der Waals surface area contributed by atoms with Crippen LogP contribution in [0.4, 0.5) is 23.1 Å². The van der Waals surface area contributed by atoms with Crippen LogP contribution < -0.4 is 5.32 Å². The molecule has 2 aromatic heterocycles. The molecule has 136 valence electrons. The van der Waals surface area contributed by atoms with Gasteiger partial charge in [-0.1, -0.05) is 36.8 Å². The van der Waals surface area contributed by atoms with Crippen LogP contribution in [0.25, 0.3) is 0 Å². The van der Waals surface area contributed by atoms with E-state index in [4.69, 9.17) is 16.3 Å². The zero-order chi connectivity index (χ0) is 18.6. The Bertz CT molecular complexity index is 755. The Kier molecular flexibility index (Phi) is 6.47. The third-order valence-corrected chi connectivity index (χ3v) is 4.79.